The molecule has 0 aliphatic carbocycles. The molecule has 0 radical (unpaired) electrons. The summed E-state index contributed by atoms with van der Waals surface area (Å²) in [6.45, 7) is 13.8. The highest BCUT2D eigenvalue weighted by atomic mass is 127. The minimum Gasteiger partial charge on any atom is -0.399 e. The first-order chi connectivity index (χ1) is 11.6. The summed E-state index contributed by atoms with van der Waals surface area (Å²) in [6, 6.07) is 2.07. The van der Waals surface area contributed by atoms with Crippen LogP contribution in [0.4, 0.5) is 5.69 Å². The first kappa shape index (κ1) is 19.3. The van der Waals surface area contributed by atoms with Gasteiger partial charge in [-0.05, 0) is 40.7 Å². The van der Waals surface area contributed by atoms with E-state index in [0.717, 1.165) is 37.3 Å². The van der Waals surface area contributed by atoms with Crippen molar-refractivity contribution in [3.8, 4) is 0 Å². The Morgan fingerprint density at radius 2 is 1.72 bits per heavy atom. The number of anilines is 1. The molecule has 6 nitrogen and oxygen atoms in total. The second-order valence-electron chi connectivity index (χ2n) is 7.83. The Bertz CT molecular complexity index is 618. The fourth-order valence-electron chi connectivity index (χ4n) is 3.10. The van der Waals surface area contributed by atoms with Crippen LogP contribution in [0.15, 0.2) is 12.3 Å². The molecule has 2 saturated heterocycles. The van der Waals surface area contributed by atoms with Crippen LogP contribution in [0.1, 0.15) is 46.4 Å². The molecule has 1 N–H and O–H groups in total. The SMILES string of the molecule is C[C@H](O)c1ncc(N2CCN(I)CC2)cc1B1OC(C)(C)C(C)(C)O1. The highest BCUT2D eigenvalue weighted by Crippen LogP contribution is 2.37. The lowest BCUT2D eigenvalue weighted by atomic mass is 9.76. The molecule has 2 aliphatic heterocycles. The molecule has 3 heterocycles. The van der Waals surface area contributed by atoms with E-state index in [2.05, 4.69) is 41.9 Å². The summed E-state index contributed by atoms with van der Waals surface area (Å²) in [5, 5.41) is 10.2. The number of nitrogens with zero attached hydrogens (tertiary/aromatic N) is 3. The third kappa shape index (κ3) is 3.83. The average molecular weight is 459 g/mol. The number of aliphatic hydroxyl groups is 1. The number of hydrogen-bond donors (Lipinski definition) is 1. The van der Waals surface area contributed by atoms with Gasteiger partial charge in [0.05, 0.1) is 34.9 Å². The zero-order chi connectivity index (χ0) is 18.4. The van der Waals surface area contributed by atoms with Gasteiger partial charge in [-0.3, -0.25) is 4.98 Å². The zero-order valence-corrected chi connectivity index (χ0v) is 17.8. The summed E-state index contributed by atoms with van der Waals surface area (Å²) in [6.07, 6.45) is 1.17. The molecule has 0 spiro atoms. The van der Waals surface area contributed by atoms with Gasteiger partial charge in [0.15, 0.2) is 0 Å². The summed E-state index contributed by atoms with van der Waals surface area (Å²) in [4.78, 5) is 6.87. The topological polar surface area (TPSA) is 58.1 Å². The van der Waals surface area contributed by atoms with Crippen molar-refractivity contribution in [2.24, 2.45) is 0 Å². The molecule has 138 valence electrons. The Morgan fingerprint density at radius 3 is 2.24 bits per heavy atom. The molecule has 8 heteroatoms. The molecule has 3 rings (SSSR count). The first-order valence-electron chi connectivity index (χ1n) is 8.80. The standard InChI is InChI=1S/C17H27BIN3O3/c1-12(23)15-14(18-24-16(2,3)17(4,5)25-18)10-13(11-20-15)21-6-8-22(19)9-7-21/h10-12,23H,6-9H2,1-5H3/t12-/m0/s1. The molecule has 25 heavy (non-hydrogen) atoms. The normalized spacial score (nSPS) is 24.6. The Labute approximate surface area is 164 Å². The van der Waals surface area contributed by atoms with Crippen molar-refractivity contribution >= 4 is 41.1 Å². The maximum absolute atomic E-state index is 10.2. The first-order valence-corrected chi connectivity index (χ1v) is 9.76. The molecule has 2 fully saturated rings. The largest absolute Gasteiger partial charge is 0.496 e. The van der Waals surface area contributed by atoms with E-state index < -0.39 is 24.4 Å². The molecular formula is C17H27BIN3O3. The molecule has 0 aromatic carbocycles. The highest BCUT2D eigenvalue weighted by Gasteiger charge is 2.52. The van der Waals surface area contributed by atoms with Crippen molar-refractivity contribution in [2.45, 2.75) is 51.9 Å². The molecule has 1 aromatic rings. The lowest BCUT2D eigenvalue weighted by Crippen LogP contribution is -2.44. The summed E-state index contributed by atoms with van der Waals surface area (Å²) in [7, 11) is -0.520. The van der Waals surface area contributed by atoms with Crippen molar-refractivity contribution in [2.75, 3.05) is 31.1 Å². The second kappa shape index (κ2) is 6.96. The molecule has 0 bridgehead atoms. The van der Waals surface area contributed by atoms with Crippen molar-refractivity contribution in [3.05, 3.63) is 18.0 Å². The van der Waals surface area contributed by atoms with E-state index in [1.54, 1.807) is 6.92 Å². The predicted molar refractivity (Wildman–Crippen MR) is 108 cm³/mol. The Morgan fingerprint density at radius 1 is 1.16 bits per heavy atom. The van der Waals surface area contributed by atoms with Gasteiger partial charge in [0.25, 0.3) is 0 Å². The van der Waals surface area contributed by atoms with Crippen LogP contribution in [0.3, 0.4) is 0 Å². The Kier molecular flexibility index (Phi) is 5.38. The van der Waals surface area contributed by atoms with Crippen molar-refractivity contribution in [3.63, 3.8) is 0 Å². The van der Waals surface area contributed by atoms with Crippen LogP contribution in [0.5, 0.6) is 0 Å². The number of aromatic nitrogens is 1. The van der Waals surface area contributed by atoms with Gasteiger partial charge in [0.2, 0.25) is 0 Å². The van der Waals surface area contributed by atoms with Crippen LogP contribution in [0.2, 0.25) is 0 Å². The number of rotatable bonds is 3. The van der Waals surface area contributed by atoms with Crippen LogP contribution in [-0.2, 0) is 9.31 Å². The lowest BCUT2D eigenvalue weighted by molar-refractivity contribution is 0.00578. The number of piperazine rings is 1. The van der Waals surface area contributed by atoms with Gasteiger partial charge in [0.1, 0.15) is 0 Å². The minimum absolute atomic E-state index is 0.420. The molecular weight excluding hydrogens is 432 g/mol. The predicted octanol–water partition coefficient (Wildman–Crippen LogP) is 1.91. The van der Waals surface area contributed by atoms with E-state index in [-0.39, 0.29) is 0 Å². The van der Waals surface area contributed by atoms with Gasteiger partial charge in [0, 0.05) is 54.5 Å². The van der Waals surface area contributed by atoms with E-state index in [1.807, 2.05) is 33.9 Å². The summed E-state index contributed by atoms with van der Waals surface area (Å²) < 4.78 is 14.7. The van der Waals surface area contributed by atoms with Crippen LogP contribution in [0.25, 0.3) is 0 Å². The molecule has 0 unspecified atom stereocenters. The minimum atomic E-state index is -0.672. The van der Waals surface area contributed by atoms with Crippen LogP contribution < -0.4 is 10.4 Å². The van der Waals surface area contributed by atoms with Gasteiger partial charge >= 0.3 is 7.12 Å². The van der Waals surface area contributed by atoms with E-state index in [9.17, 15) is 5.11 Å². The third-order valence-electron chi connectivity index (χ3n) is 5.43. The summed E-state index contributed by atoms with van der Waals surface area (Å²) in [5.74, 6) is 0. The van der Waals surface area contributed by atoms with E-state index in [0.29, 0.717) is 5.69 Å². The molecule has 0 amide bonds. The molecule has 1 aromatic heterocycles. The van der Waals surface area contributed by atoms with Crippen molar-refractivity contribution < 1.29 is 14.4 Å². The summed E-state index contributed by atoms with van der Waals surface area (Å²) >= 11 is 2.36. The molecule has 2 aliphatic rings. The fourth-order valence-corrected chi connectivity index (χ4v) is 3.53. The van der Waals surface area contributed by atoms with Crippen LogP contribution in [-0.4, -0.2) is 57.7 Å². The fraction of sp³-hybridized carbons (Fsp3) is 0.706. The monoisotopic (exact) mass is 459 g/mol. The van der Waals surface area contributed by atoms with Gasteiger partial charge in [-0.25, -0.2) is 3.11 Å². The summed E-state index contributed by atoms with van der Waals surface area (Å²) in [5.41, 5.74) is 1.66. The van der Waals surface area contributed by atoms with E-state index in [1.165, 1.54) is 0 Å². The van der Waals surface area contributed by atoms with Gasteiger partial charge in [-0.2, -0.15) is 0 Å². The Hall–Kier alpha value is -0.415. The van der Waals surface area contributed by atoms with Crippen LogP contribution >= 0.6 is 22.9 Å². The maximum atomic E-state index is 10.2. The quantitative estimate of drug-likeness (QED) is 0.424. The number of aliphatic hydroxyl groups excluding tert-OH is 1. The highest BCUT2D eigenvalue weighted by molar-refractivity contribution is 14.1. The van der Waals surface area contributed by atoms with Crippen molar-refractivity contribution in [1.82, 2.24) is 8.10 Å². The third-order valence-corrected chi connectivity index (χ3v) is 6.39. The van der Waals surface area contributed by atoms with E-state index >= 15 is 0 Å². The second-order valence-corrected chi connectivity index (χ2v) is 9.19. The lowest BCUT2D eigenvalue weighted by Gasteiger charge is -2.33. The van der Waals surface area contributed by atoms with Gasteiger partial charge in [-0.15, -0.1) is 0 Å². The Balaban J connectivity index is 1.93. The van der Waals surface area contributed by atoms with E-state index in [4.69, 9.17) is 9.31 Å². The van der Waals surface area contributed by atoms with Gasteiger partial charge in [-0.1, -0.05) is 0 Å². The smallest absolute Gasteiger partial charge is 0.399 e. The van der Waals surface area contributed by atoms with Crippen molar-refractivity contribution in [1.29, 1.82) is 0 Å². The average Bonchev–Trinajstić information content (AvgIpc) is 2.75. The molecule has 1 atom stereocenters. The van der Waals surface area contributed by atoms with Crippen LogP contribution in [0, 0.1) is 0 Å². The number of halogens is 1. The molecule has 0 saturated carbocycles. The zero-order valence-electron chi connectivity index (χ0n) is 15.6. The number of pyridine rings is 1. The maximum Gasteiger partial charge on any atom is 0.496 e. The van der Waals surface area contributed by atoms with Gasteiger partial charge < -0.3 is 19.3 Å². The number of hydrogen-bond acceptors (Lipinski definition) is 6.